The highest BCUT2D eigenvalue weighted by atomic mass is 16.3. The van der Waals surface area contributed by atoms with Gasteiger partial charge in [-0.2, -0.15) is 5.10 Å². The van der Waals surface area contributed by atoms with E-state index in [2.05, 4.69) is 5.10 Å². The first kappa shape index (κ1) is 12.4. The second-order valence-corrected chi connectivity index (χ2v) is 4.21. The Labute approximate surface area is 106 Å². The van der Waals surface area contributed by atoms with Gasteiger partial charge in [0.15, 0.2) is 5.76 Å². The normalized spacial score (nSPS) is 10.6. The van der Waals surface area contributed by atoms with Crippen LogP contribution in [0.1, 0.15) is 28.7 Å². The first-order valence-electron chi connectivity index (χ1n) is 5.93. The molecule has 0 aliphatic carbocycles. The van der Waals surface area contributed by atoms with Crippen molar-refractivity contribution in [3.63, 3.8) is 0 Å². The third-order valence-corrected chi connectivity index (χ3v) is 2.99. The lowest BCUT2D eigenvalue weighted by atomic mass is 10.2. The van der Waals surface area contributed by atoms with Gasteiger partial charge in [0, 0.05) is 31.4 Å². The molecule has 0 atom stereocenters. The molecule has 0 saturated carbocycles. The fraction of sp³-hybridized carbons (Fsp3) is 0.385. The average molecular weight is 247 g/mol. The largest absolute Gasteiger partial charge is 0.459 e. The van der Waals surface area contributed by atoms with E-state index in [9.17, 15) is 4.79 Å². The second-order valence-electron chi connectivity index (χ2n) is 4.21. The van der Waals surface area contributed by atoms with Crippen LogP contribution in [0, 0.1) is 6.92 Å². The van der Waals surface area contributed by atoms with Crippen LogP contribution in [0.15, 0.2) is 29.0 Å². The lowest BCUT2D eigenvalue weighted by Gasteiger charge is -2.15. The van der Waals surface area contributed by atoms with Crippen LogP contribution in [0.25, 0.3) is 0 Å². The second kappa shape index (κ2) is 5.08. The minimum atomic E-state index is -0.122. The maximum atomic E-state index is 12.0. The fourth-order valence-electron chi connectivity index (χ4n) is 1.87. The average Bonchev–Trinajstić information content (AvgIpc) is 2.99. The van der Waals surface area contributed by atoms with Crippen molar-refractivity contribution in [2.45, 2.75) is 26.9 Å². The van der Waals surface area contributed by atoms with Gasteiger partial charge >= 0.3 is 0 Å². The van der Waals surface area contributed by atoms with Crippen molar-refractivity contribution >= 4 is 5.91 Å². The zero-order valence-corrected chi connectivity index (χ0v) is 10.9. The molecular weight excluding hydrogens is 230 g/mol. The van der Waals surface area contributed by atoms with Crippen LogP contribution in [-0.2, 0) is 13.1 Å². The number of hydrogen-bond acceptors (Lipinski definition) is 3. The Bertz CT molecular complexity index is 528. The molecule has 0 bridgehead atoms. The molecule has 5 heteroatoms. The van der Waals surface area contributed by atoms with Gasteiger partial charge in [0.25, 0.3) is 5.91 Å². The van der Waals surface area contributed by atoms with E-state index in [-0.39, 0.29) is 5.91 Å². The number of amides is 1. The van der Waals surface area contributed by atoms with Crippen molar-refractivity contribution in [3.8, 4) is 0 Å². The number of furan rings is 1. The van der Waals surface area contributed by atoms with E-state index in [1.807, 2.05) is 24.7 Å². The number of carbonyl (C=O) groups is 1. The molecule has 2 heterocycles. The number of aryl methyl sites for hydroxylation is 1. The van der Waals surface area contributed by atoms with E-state index >= 15 is 0 Å². The molecule has 0 aromatic carbocycles. The Morgan fingerprint density at radius 3 is 2.89 bits per heavy atom. The van der Waals surface area contributed by atoms with E-state index < -0.39 is 0 Å². The summed E-state index contributed by atoms with van der Waals surface area (Å²) in [5.74, 6) is 0.238. The molecule has 0 unspecified atom stereocenters. The van der Waals surface area contributed by atoms with Crippen molar-refractivity contribution in [2.75, 3.05) is 7.05 Å². The molecule has 0 N–H and O–H groups in total. The third kappa shape index (κ3) is 2.30. The molecule has 0 radical (unpaired) electrons. The summed E-state index contributed by atoms with van der Waals surface area (Å²) >= 11 is 0. The van der Waals surface area contributed by atoms with Crippen LogP contribution in [0.5, 0.6) is 0 Å². The fourth-order valence-corrected chi connectivity index (χ4v) is 1.87. The summed E-state index contributed by atoms with van der Waals surface area (Å²) in [4.78, 5) is 13.6. The Balaban J connectivity index is 2.09. The van der Waals surface area contributed by atoms with Gasteiger partial charge in [-0.1, -0.05) is 0 Å². The molecule has 2 rings (SSSR count). The summed E-state index contributed by atoms with van der Waals surface area (Å²) in [6.07, 6.45) is 3.31. The molecule has 0 spiro atoms. The standard InChI is InChI=1S/C13H17N3O2/c1-4-16-10(2)11(8-14-16)9-15(3)13(17)12-6-5-7-18-12/h5-8H,4,9H2,1-3H3. The van der Waals surface area contributed by atoms with Gasteiger partial charge in [-0.25, -0.2) is 0 Å². The molecule has 96 valence electrons. The third-order valence-electron chi connectivity index (χ3n) is 2.99. The highest BCUT2D eigenvalue weighted by Crippen LogP contribution is 2.12. The lowest BCUT2D eigenvalue weighted by Crippen LogP contribution is -2.26. The first-order chi connectivity index (χ1) is 8.63. The predicted molar refractivity (Wildman–Crippen MR) is 67.1 cm³/mol. The molecule has 2 aromatic rings. The Morgan fingerprint density at radius 1 is 1.56 bits per heavy atom. The van der Waals surface area contributed by atoms with Crippen molar-refractivity contribution in [1.29, 1.82) is 0 Å². The number of hydrogen-bond donors (Lipinski definition) is 0. The van der Waals surface area contributed by atoms with Gasteiger partial charge < -0.3 is 9.32 Å². The number of nitrogens with zero attached hydrogens (tertiary/aromatic N) is 3. The van der Waals surface area contributed by atoms with Gasteiger partial charge in [-0.15, -0.1) is 0 Å². The van der Waals surface area contributed by atoms with Crippen LogP contribution >= 0.6 is 0 Å². The van der Waals surface area contributed by atoms with Crippen molar-refractivity contribution in [2.24, 2.45) is 0 Å². The molecule has 5 nitrogen and oxygen atoms in total. The number of carbonyl (C=O) groups excluding carboxylic acids is 1. The first-order valence-corrected chi connectivity index (χ1v) is 5.93. The summed E-state index contributed by atoms with van der Waals surface area (Å²) in [7, 11) is 1.76. The Kier molecular flexibility index (Phi) is 3.50. The van der Waals surface area contributed by atoms with E-state index in [4.69, 9.17) is 4.42 Å². The monoisotopic (exact) mass is 247 g/mol. The molecule has 2 aromatic heterocycles. The van der Waals surface area contributed by atoms with E-state index in [1.165, 1.54) is 6.26 Å². The molecule has 1 amide bonds. The van der Waals surface area contributed by atoms with Crippen LogP contribution in [0.3, 0.4) is 0 Å². The van der Waals surface area contributed by atoms with E-state index in [1.54, 1.807) is 24.1 Å². The van der Waals surface area contributed by atoms with Gasteiger partial charge in [0.05, 0.1) is 12.5 Å². The summed E-state index contributed by atoms with van der Waals surface area (Å²) in [5.41, 5.74) is 2.15. The minimum Gasteiger partial charge on any atom is -0.459 e. The highest BCUT2D eigenvalue weighted by molar-refractivity contribution is 5.91. The predicted octanol–water partition coefficient (Wildman–Crippen LogP) is 2.08. The zero-order chi connectivity index (χ0) is 13.1. The molecular formula is C13H17N3O2. The highest BCUT2D eigenvalue weighted by Gasteiger charge is 2.16. The van der Waals surface area contributed by atoms with Crippen LogP contribution < -0.4 is 0 Å². The molecule has 0 aliphatic heterocycles. The number of rotatable bonds is 4. The molecule has 0 saturated heterocycles. The van der Waals surface area contributed by atoms with Gasteiger partial charge in [-0.3, -0.25) is 9.48 Å². The SMILES string of the molecule is CCn1ncc(CN(C)C(=O)c2ccco2)c1C. The summed E-state index contributed by atoms with van der Waals surface area (Å²) < 4.78 is 7.02. The summed E-state index contributed by atoms with van der Waals surface area (Å²) in [5, 5.41) is 4.26. The Hall–Kier alpha value is -2.04. The van der Waals surface area contributed by atoms with Crippen molar-refractivity contribution < 1.29 is 9.21 Å². The van der Waals surface area contributed by atoms with Gasteiger partial charge in [0.2, 0.25) is 0 Å². The van der Waals surface area contributed by atoms with Crippen LogP contribution in [0.2, 0.25) is 0 Å². The quantitative estimate of drug-likeness (QED) is 0.831. The minimum absolute atomic E-state index is 0.122. The summed E-state index contributed by atoms with van der Waals surface area (Å²) in [6, 6.07) is 3.38. The van der Waals surface area contributed by atoms with Gasteiger partial charge in [0.1, 0.15) is 0 Å². The van der Waals surface area contributed by atoms with E-state index in [0.29, 0.717) is 12.3 Å². The number of aromatic nitrogens is 2. The van der Waals surface area contributed by atoms with Crippen molar-refractivity contribution in [1.82, 2.24) is 14.7 Å². The molecule has 0 fully saturated rings. The summed E-state index contributed by atoms with van der Waals surface area (Å²) in [6.45, 7) is 5.42. The van der Waals surface area contributed by atoms with Crippen LogP contribution in [-0.4, -0.2) is 27.6 Å². The topological polar surface area (TPSA) is 51.3 Å². The maximum Gasteiger partial charge on any atom is 0.289 e. The molecule has 0 aliphatic rings. The smallest absolute Gasteiger partial charge is 0.289 e. The molecule has 18 heavy (non-hydrogen) atoms. The van der Waals surface area contributed by atoms with Crippen molar-refractivity contribution in [3.05, 3.63) is 41.6 Å². The lowest BCUT2D eigenvalue weighted by molar-refractivity contribution is 0.0753. The maximum absolute atomic E-state index is 12.0. The van der Waals surface area contributed by atoms with Gasteiger partial charge in [-0.05, 0) is 26.0 Å². The Morgan fingerprint density at radius 2 is 2.33 bits per heavy atom. The van der Waals surface area contributed by atoms with E-state index in [0.717, 1.165) is 17.8 Å². The zero-order valence-electron chi connectivity index (χ0n) is 10.9. The van der Waals surface area contributed by atoms with Crippen LogP contribution in [0.4, 0.5) is 0 Å².